The van der Waals surface area contributed by atoms with Crippen molar-refractivity contribution in [3.8, 4) is 5.69 Å². The van der Waals surface area contributed by atoms with Crippen molar-refractivity contribution >= 4 is 5.91 Å². The summed E-state index contributed by atoms with van der Waals surface area (Å²) in [6.07, 6.45) is 4.41. The molecule has 2 aromatic rings. The number of amides is 1. The minimum atomic E-state index is -0.228. The summed E-state index contributed by atoms with van der Waals surface area (Å²) in [7, 11) is 0. The second-order valence-corrected chi connectivity index (χ2v) is 6.62. The molecule has 24 heavy (non-hydrogen) atoms. The molecule has 1 spiro atoms. The third-order valence-electron chi connectivity index (χ3n) is 4.70. The quantitative estimate of drug-likeness (QED) is 0.886. The number of aromatic nitrogens is 3. The maximum atomic E-state index is 12.9. The van der Waals surface area contributed by atoms with Crippen molar-refractivity contribution in [1.29, 1.82) is 0 Å². The first-order valence-electron chi connectivity index (χ1n) is 8.30. The zero-order chi connectivity index (χ0) is 16.6. The van der Waals surface area contributed by atoms with Gasteiger partial charge in [0.15, 0.2) is 0 Å². The summed E-state index contributed by atoms with van der Waals surface area (Å²) in [4.78, 5) is 14.8. The molecule has 4 rings (SSSR count). The van der Waals surface area contributed by atoms with Crippen molar-refractivity contribution in [2.45, 2.75) is 25.0 Å². The fourth-order valence-electron chi connectivity index (χ4n) is 3.62. The Labute approximate surface area is 140 Å². The fraction of sp³-hybridized carbons (Fsp3) is 0.471. The predicted molar refractivity (Wildman–Crippen MR) is 88.0 cm³/mol. The third-order valence-corrected chi connectivity index (χ3v) is 4.70. The van der Waals surface area contributed by atoms with Gasteiger partial charge in [-0.3, -0.25) is 4.79 Å². The molecule has 3 heterocycles. The maximum absolute atomic E-state index is 12.9. The molecule has 7 heteroatoms. The third kappa shape index (κ3) is 2.81. The van der Waals surface area contributed by atoms with E-state index in [1.807, 2.05) is 36.1 Å². The molecule has 0 aliphatic carbocycles. The number of hydrogen-bond acceptors (Lipinski definition) is 5. The van der Waals surface area contributed by atoms with Crippen molar-refractivity contribution in [1.82, 2.24) is 25.2 Å². The number of rotatable bonds is 2. The largest absolute Gasteiger partial charge is 0.367 e. The first-order valence-corrected chi connectivity index (χ1v) is 8.30. The van der Waals surface area contributed by atoms with E-state index in [1.54, 1.807) is 17.1 Å². The SMILES string of the molecule is CC1CN(C(=O)c2ccc(-n3ccnn3)cc2)CC2(CCNC2)O1. The number of hydrogen-bond donors (Lipinski definition) is 1. The Kier molecular flexibility index (Phi) is 3.82. The summed E-state index contributed by atoms with van der Waals surface area (Å²) in [6.45, 7) is 5.07. The summed E-state index contributed by atoms with van der Waals surface area (Å²) in [5.74, 6) is 0.0570. The highest BCUT2D eigenvalue weighted by Crippen LogP contribution is 2.28. The molecule has 2 aliphatic rings. The van der Waals surface area contributed by atoms with Crippen LogP contribution in [0.25, 0.3) is 5.69 Å². The fourth-order valence-corrected chi connectivity index (χ4v) is 3.62. The highest BCUT2D eigenvalue weighted by atomic mass is 16.5. The van der Waals surface area contributed by atoms with Crippen LogP contribution in [0, 0.1) is 0 Å². The number of nitrogens with zero attached hydrogens (tertiary/aromatic N) is 4. The van der Waals surface area contributed by atoms with Gasteiger partial charge in [-0.25, -0.2) is 4.68 Å². The van der Waals surface area contributed by atoms with Crippen molar-refractivity contribution in [2.24, 2.45) is 0 Å². The van der Waals surface area contributed by atoms with E-state index in [2.05, 4.69) is 15.6 Å². The van der Waals surface area contributed by atoms with Gasteiger partial charge in [-0.2, -0.15) is 0 Å². The van der Waals surface area contributed by atoms with Crippen LogP contribution in [0.3, 0.4) is 0 Å². The molecule has 0 radical (unpaired) electrons. The first-order chi connectivity index (χ1) is 11.7. The van der Waals surface area contributed by atoms with Crippen LogP contribution in [0.15, 0.2) is 36.7 Å². The van der Waals surface area contributed by atoms with Gasteiger partial charge in [0.05, 0.1) is 36.3 Å². The minimum Gasteiger partial charge on any atom is -0.367 e. The summed E-state index contributed by atoms with van der Waals surface area (Å²) in [6, 6.07) is 7.47. The highest BCUT2D eigenvalue weighted by molar-refractivity contribution is 5.94. The Balaban J connectivity index is 1.52. The molecule has 1 amide bonds. The highest BCUT2D eigenvalue weighted by Gasteiger charge is 2.43. The van der Waals surface area contributed by atoms with E-state index in [0.717, 1.165) is 25.2 Å². The summed E-state index contributed by atoms with van der Waals surface area (Å²) in [5.41, 5.74) is 1.35. The van der Waals surface area contributed by atoms with Crippen molar-refractivity contribution in [2.75, 3.05) is 26.2 Å². The topological polar surface area (TPSA) is 72.3 Å². The Morgan fingerprint density at radius 1 is 1.38 bits per heavy atom. The van der Waals surface area contributed by atoms with Gasteiger partial charge in [-0.05, 0) is 44.2 Å². The molecule has 7 nitrogen and oxygen atoms in total. The molecular formula is C17H21N5O2. The molecular weight excluding hydrogens is 306 g/mol. The molecule has 2 unspecified atom stereocenters. The second kappa shape index (κ2) is 5.99. The van der Waals surface area contributed by atoms with Gasteiger partial charge in [0.25, 0.3) is 5.91 Å². The average Bonchev–Trinajstić information content (AvgIpc) is 3.26. The van der Waals surface area contributed by atoms with Crippen LogP contribution in [-0.2, 0) is 4.74 Å². The number of ether oxygens (including phenoxy) is 1. The minimum absolute atomic E-state index is 0.0528. The Morgan fingerprint density at radius 2 is 2.21 bits per heavy atom. The van der Waals surface area contributed by atoms with Gasteiger partial charge in [0.1, 0.15) is 0 Å². The smallest absolute Gasteiger partial charge is 0.254 e. The zero-order valence-corrected chi connectivity index (χ0v) is 13.7. The van der Waals surface area contributed by atoms with Gasteiger partial charge in [0, 0.05) is 18.7 Å². The molecule has 126 valence electrons. The standard InChI is InChI=1S/C17H21N5O2/c1-13-10-21(12-17(24-13)6-7-18-11-17)16(23)14-2-4-15(5-3-14)22-9-8-19-20-22/h2-5,8-9,13,18H,6-7,10-12H2,1H3. The average molecular weight is 327 g/mol. The van der Waals surface area contributed by atoms with E-state index in [1.165, 1.54) is 0 Å². The number of carbonyl (C=O) groups is 1. The van der Waals surface area contributed by atoms with Gasteiger partial charge < -0.3 is 15.0 Å². The molecule has 2 aliphatic heterocycles. The van der Waals surface area contributed by atoms with Crippen molar-refractivity contribution in [3.63, 3.8) is 0 Å². The number of benzene rings is 1. The molecule has 2 saturated heterocycles. The van der Waals surface area contributed by atoms with Crippen molar-refractivity contribution in [3.05, 3.63) is 42.2 Å². The van der Waals surface area contributed by atoms with E-state index in [0.29, 0.717) is 18.7 Å². The van der Waals surface area contributed by atoms with Crippen LogP contribution in [0.2, 0.25) is 0 Å². The molecule has 1 aromatic carbocycles. The summed E-state index contributed by atoms with van der Waals surface area (Å²) in [5, 5.41) is 11.1. The maximum Gasteiger partial charge on any atom is 0.254 e. The Morgan fingerprint density at radius 3 is 2.88 bits per heavy atom. The lowest BCUT2D eigenvalue weighted by molar-refractivity contribution is -0.127. The van der Waals surface area contributed by atoms with Crippen LogP contribution in [-0.4, -0.2) is 63.7 Å². The second-order valence-electron chi connectivity index (χ2n) is 6.62. The van der Waals surface area contributed by atoms with Gasteiger partial charge in [0.2, 0.25) is 0 Å². The van der Waals surface area contributed by atoms with Crippen LogP contribution in [0.1, 0.15) is 23.7 Å². The lowest BCUT2D eigenvalue weighted by Gasteiger charge is -2.43. The molecule has 1 N–H and O–H groups in total. The van der Waals surface area contributed by atoms with E-state index in [9.17, 15) is 4.79 Å². The Bertz CT molecular complexity index is 707. The molecule has 0 bridgehead atoms. The monoisotopic (exact) mass is 327 g/mol. The van der Waals surface area contributed by atoms with Gasteiger partial charge >= 0.3 is 0 Å². The van der Waals surface area contributed by atoms with Crippen LogP contribution in [0.5, 0.6) is 0 Å². The zero-order valence-electron chi connectivity index (χ0n) is 13.7. The molecule has 2 atom stereocenters. The van der Waals surface area contributed by atoms with Crippen molar-refractivity contribution < 1.29 is 9.53 Å². The summed E-state index contributed by atoms with van der Waals surface area (Å²) >= 11 is 0. The molecule has 2 fully saturated rings. The van der Waals surface area contributed by atoms with E-state index < -0.39 is 0 Å². The van der Waals surface area contributed by atoms with Crippen LogP contribution < -0.4 is 5.32 Å². The lowest BCUT2D eigenvalue weighted by Crippen LogP contribution is -2.57. The summed E-state index contributed by atoms with van der Waals surface area (Å²) < 4.78 is 7.82. The van der Waals surface area contributed by atoms with Gasteiger partial charge in [-0.1, -0.05) is 5.21 Å². The first kappa shape index (κ1) is 15.3. The normalized spacial score (nSPS) is 26.9. The number of morpholine rings is 1. The van der Waals surface area contributed by atoms with Gasteiger partial charge in [-0.15, -0.1) is 5.10 Å². The van der Waals surface area contributed by atoms with Crippen LogP contribution in [0.4, 0.5) is 0 Å². The predicted octanol–water partition coefficient (Wildman–Crippen LogP) is 0.860. The number of nitrogens with one attached hydrogen (secondary N) is 1. The number of carbonyl (C=O) groups excluding carboxylic acids is 1. The molecule has 0 saturated carbocycles. The van der Waals surface area contributed by atoms with E-state index >= 15 is 0 Å². The van der Waals surface area contributed by atoms with Crippen LogP contribution >= 0.6 is 0 Å². The lowest BCUT2D eigenvalue weighted by atomic mass is 9.98. The Hall–Kier alpha value is -2.25. The molecule has 1 aromatic heterocycles. The van der Waals surface area contributed by atoms with E-state index in [4.69, 9.17) is 4.74 Å². The van der Waals surface area contributed by atoms with E-state index in [-0.39, 0.29) is 17.6 Å².